The van der Waals surface area contributed by atoms with E-state index < -0.39 is 10.0 Å². The van der Waals surface area contributed by atoms with Crippen molar-refractivity contribution in [3.05, 3.63) is 23.3 Å². The maximum atomic E-state index is 12.9. The molecular formula is C18H29NO3S. The third kappa shape index (κ3) is 4.07. The van der Waals surface area contributed by atoms with Crippen molar-refractivity contribution in [2.24, 2.45) is 5.92 Å². The van der Waals surface area contributed by atoms with Crippen molar-refractivity contribution in [2.75, 3.05) is 7.11 Å². The smallest absolute Gasteiger partial charge is 0.244 e. The summed E-state index contributed by atoms with van der Waals surface area (Å²) in [6, 6.07) is 3.62. The van der Waals surface area contributed by atoms with Gasteiger partial charge in [-0.15, -0.1) is 0 Å². The Bertz CT molecular complexity index is 652. The highest BCUT2D eigenvalue weighted by molar-refractivity contribution is 7.89. The van der Waals surface area contributed by atoms with Crippen molar-refractivity contribution < 1.29 is 13.2 Å². The molecule has 0 radical (unpaired) electrons. The Morgan fingerprint density at radius 2 is 1.87 bits per heavy atom. The molecule has 23 heavy (non-hydrogen) atoms. The third-order valence-corrected chi connectivity index (χ3v) is 6.39. The van der Waals surface area contributed by atoms with Gasteiger partial charge in [0.15, 0.2) is 0 Å². The Morgan fingerprint density at radius 3 is 2.43 bits per heavy atom. The summed E-state index contributed by atoms with van der Waals surface area (Å²) in [5.41, 5.74) is 2.10. The first kappa shape index (κ1) is 18.3. The van der Waals surface area contributed by atoms with Crippen LogP contribution >= 0.6 is 0 Å². The van der Waals surface area contributed by atoms with Crippen LogP contribution in [0.15, 0.2) is 17.0 Å². The normalized spacial score (nSPS) is 22.3. The van der Waals surface area contributed by atoms with E-state index in [1.54, 1.807) is 6.07 Å². The molecule has 2 atom stereocenters. The van der Waals surface area contributed by atoms with E-state index in [1.165, 1.54) is 13.5 Å². The van der Waals surface area contributed by atoms with Crippen LogP contribution in [-0.2, 0) is 10.0 Å². The number of sulfonamides is 1. The number of benzene rings is 1. The minimum absolute atomic E-state index is 0.0160. The van der Waals surface area contributed by atoms with Gasteiger partial charge in [-0.1, -0.05) is 33.6 Å². The molecule has 0 aliphatic heterocycles. The summed E-state index contributed by atoms with van der Waals surface area (Å²) in [5, 5.41) is 0. The third-order valence-electron chi connectivity index (χ3n) is 4.88. The average molecular weight is 340 g/mol. The molecule has 1 aromatic carbocycles. The zero-order valence-electron chi connectivity index (χ0n) is 14.8. The first-order chi connectivity index (χ1) is 10.8. The standard InChI is InChI=1S/C18H29NO3S/c1-12(2)15-11-18(17(22-5)10-14(15)4)23(20,21)19-16-9-7-6-8-13(16)3/h10-13,16,19H,6-9H2,1-5H3. The first-order valence-corrected chi connectivity index (χ1v) is 9.95. The highest BCUT2D eigenvalue weighted by Gasteiger charge is 2.29. The van der Waals surface area contributed by atoms with Gasteiger partial charge in [-0.05, 0) is 54.9 Å². The Balaban J connectivity index is 2.39. The summed E-state index contributed by atoms with van der Waals surface area (Å²) in [7, 11) is -2.06. The topological polar surface area (TPSA) is 55.4 Å². The van der Waals surface area contributed by atoms with Crippen LogP contribution in [0.25, 0.3) is 0 Å². The number of hydrogen-bond donors (Lipinski definition) is 1. The molecule has 4 nitrogen and oxygen atoms in total. The zero-order valence-corrected chi connectivity index (χ0v) is 15.7. The molecule has 0 amide bonds. The summed E-state index contributed by atoms with van der Waals surface area (Å²) in [6.07, 6.45) is 4.26. The Labute approximate surface area is 140 Å². The van der Waals surface area contributed by atoms with E-state index in [0.29, 0.717) is 11.7 Å². The van der Waals surface area contributed by atoms with Gasteiger partial charge in [-0.3, -0.25) is 0 Å². The molecule has 0 aromatic heterocycles. The summed E-state index contributed by atoms with van der Waals surface area (Å²) in [5.74, 6) is 1.06. The number of hydrogen-bond acceptors (Lipinski definition) is 3. The van der Waals surface area contributed by atoms with Crippen molar-refractivity contribution in [1.29, 1.82) is 0 Å². The summed E-state index contributed by atoms with van der Waals surface area (Å²) in [6.45, 7) is 8.26. The molecule has 1 aliphatic rings. The summed E-state index contributed by atoms with van der Waals surface area (Å²) < 4.78 is 34.1. The minimum atomic E-state index is -3.58. The number of ether oxygens (including phenoxy) is 1. The van der Waals surface area contributed by atoms with E-state index in [4.69, 9.17) is 4.74 Å². The maximum absolute atomic E-state index is 12.9. The zero-order chi connectivity index (χ0) is 17.2. The van der Waals surface area contributed by atoms with E-state index in [1.807, 2.05) is 13.0 Å². The second-order valence-electron chi connectivity index (χ2n) is 7.00. The van der Waals surface area contributed by atoms with Crippen molar-refractivity contribution in [2.45, 2.75) is 70.2 Å². The second-order valence-corrected chi connectivity index (χ2v) is 8.69. The van der Waals surface area contributed by atoms with Crippen LogP contribution in [0, 0.1) is 12.8 Å². The first-order valence-electron chi connectivity index (χ1n) is 8.47. The molecule has 1 N–H and O–H groups in total. The Morgan fingerprint density at radius 1 is 1.22 bits per heavy atom. The van der Waals surface area contributed by atoms with E-state index in [2.05, 4.69) is 25.5 Å². The Kier molecular flexibility index (Phi) is 5.74. The lowest BCUT2D eigenvalue weighted by atomic mass is 9.87. The quantitative estimate of drug-likeness (QED) is 0.882. The minimum Gasteiger partial charge on any atom is -0.495 e. The molecule has 1 aromatic rings. The maximum Gasteiger partial charge on any atom is 0.244 e. The van der Waals surface area contributed by atoms with E-state index in [0.717, 1.165) is 30.4 Å². The molecule has 2 unspecified atom stereocenters. The highest BCUT2D eigenvalue weighted by Crippen LogP contribution is 2.32. The van der Waals surface area contributed by atoms with Crippen LogP contribution in [0.5, 0.6) is 5.75 Å². The van der Waals surface area contributed by atoms with Gasteiger partial charge in [-0.25, -0.2) is 13.1 Å². The van der Waals surface area contributed by atoms with Crippen LogP contribution in [0.2, 0.25) is 0 Å². The lowest BCUT2D eigenvalue weighted by Crippen LogP contribution is -2.41. The van der Waals surface area contributed by atoms with Crippen LogP contribution < -0.4 is 9.46 Å². The molecule has 0 bridgehead atoms. The molecular weight excluding hydrogens is 310 g/mol. The fourth-order valence-electron chi connectivity index (χ4n) is 3.42. The predicted octanol–water partition coefficient (Wildman–Crippen LogP) is 3.98. The van der Waals surface area contributed by atoms with Crippen molar-refractivity contribution in [3.8, 4) is 5.75 Å². The van der Waals surface area contributed by atoms with Crippen molar-refractivity contribution in [3.63, 3.8) is 0 Å². The van der Waals surface area contributed by atoms with Crippen LogP contribution in [-0.4, -0.2) is 21.6 Å². The SMILES string of the molecule is COc1cc(C)c(C(C)C)cc1S(=O)(=O)NC1CCCCC1C. The molecule has 0 heterocycles. The number of rotatable bonds is 5. The van der Waals surface area contributed by atoms with Gasteiger partial charge in [0.1, 0.15) is 10.6 Å². The fraction of sp³-hybridized carbons (Fsp3) is 0.667. The fourth-order valence-corrected chi connectivity index (χ4v) is 4.99. The van der Waals surface area contributed by atoms with Gasteiger partial charge < -0.3 is 4.74 Å². The summed E-state index contributed by atoms with van der Waals surface area (Å²) in [4.78, 5) is 0.257. The van der Waals surface area contributed by atoms with Gasteiger partial charge in [0.2, 0.25) is 10.0 Å². The predicted molar refractivity (Wildman–Crippen MR) is 93.6 cm³/mol. The molecule has 0 saturated heterocycles. The lowest BCUT2D eigenvalue weighted by Gasteiger charge is -2.29. The second kappa shape index (κ2) is 7.22. The number of methoxy groups -OCH3 is 1. The largest absolute Gasteiger partial charge is 0.495 e. The average Bonchev–Trinajstić information content (AvgIpc) is 2.48. The van der Waals surface area contributed by atoms with Crippen LogP contribution in [0.1, 0.15) is 63.5 Å². The molecule has 0 spiro atoms. The molecule has 130 valence electrons. The van der Waals surface area contributed by atoms with Gasteiger partial charge in [-0.2, -0.15) is 0 Å². The van der Waals surface area contributed by atoms with Gasteiger partial charge >= 0.3 is 0 Å². The van der Waals surface area contributed by atoms with E-state index in [9.17, 15) is 8.42 Å². The number of aryl methyl sites for hydroxylation is 1. The molecule has 1 saturated carbocycles. The van der Waals surface area contributed by atoms with Crippen LogP contribution in [0.4, 0.5) is 0 Å². The molecule has 2 rings (SSSR count). The summed E-state index contributed by atoms with van der Waals surface area (Å²) >= 11 is 0. The molecule has 1 fully saturated rings. The van der Waals surface area contributed by atoms with Gasteiger partial charge in [0.25, 0.3) is 0 Å². The lowest BCUT2D eigenvalue weighted by molar-refractivity contribution is 0.310. The van der Waals surface area contributed by atoms with Crippen molar-refractivity contribution >= 4 is 10.0 Å². The Hall–Kier alpha value is -1.07. The van der Waals surface area contributed by atoms with Gasteiger partial charge in [0.05, 0.1) is 7.11 Å². The molecule has 1 aliphatic carbocycles. The van der Waals surface area contributed by atoms with Crippen LogP contribution in [0.3, 0.4) is 0 Å². The monoisotopic (exact) mass is 339 g/mol. The van der Waals surface area contributed by atoms with E-state index >= 15 is 0 Å². The van der Waals surface area contributed by atoms with Gasteiger partial charge in [0, 0.05) is 6.04 Å². The van der Waals surface area contributed by atoms with E-state index in [-0.39, 0.29) is 16.9 Å². The van der Waals surface area contributed by atoms with Crippen molar-refractivity contribution in [1.82, 2.24) is 4.72 Å². The molecule has 5 heteroatoms. The highest BCUT2D eigenvalue weighted by atomic mass is 32.2. The number of nitrogens with one attached hydrogen (secondary N) is 1.